The zero-order valence-electron chi connectivity index (χ0n) is 7.91. The molecule has 0 saturated heterocycles. The SMILES string of the molecule is Cc1ccnn1C1CCCCC1F. The molecule has 1 fully saturated rings. The van der Waals surface area contributed by atoms with Crippen LogP contribution in [0.25, 0.3) is 0 Å². The Morgan fingerprint density at radius 1 is 1.46 bits per heavy atom. The van der Waals surface area contributed by atoms with E-state index in [0.717, 1.165) is 25.0 Å². The Hall–Kier alpha value is -0.860. The van der Waals surface area contributed by atoms with Crippen molar-refractivity contribution in [2.75, 3.05) is 0 Å². The van der Waals surface area contributed by atoms with Crippen molar-refractivity contribution in [1.82, 2.24) is 9.78 Å². The number of hydrogen-bond donors (Lipinski definition) is 0. The predicted octanol–water partition coefficient (Wildman–Crippen LogP) is 2.64. The van der Waals surface area contributed by atoms with Crippen LogP contribution in [-0.2, 0) is 0 Å². The van der Waals surface area contributed by atoms with Crippen molar-refractivity contribution in [3.8, 4) is 0 Å². The van der Waals surface area contributed by atoms with Crippen LogP contribution in [0.3, 0.4) is 0 Å². The summed E-state index contributed by atoms with van der Waals surface area (Å²) in [6.45, 7) is 1.98. The fourth-order valence-electron chi connectivity index (χ4n) is 2.07. The Labute approximate surface area is 77.8 Å². The van der Waals surface area contributed by atoms with Crippen molar-refractivity contribution in [2.45, 2.75) is 44.8 Å². The summed E-state index contributed by atoms with van der Waals surface area (Å²) in [6, 6.07) is 1.92. The second-order valence-corrected chi connectivity index (χ2v) is 3.78. The molecule has 2 rings (SSSR count). The molecule has 13 heavy (non-hydrogen) atoms. The quantitative estimate of drug-likeness (QED) is 0.652. The highest BCUT2D eigenvalue weighted by atomic mass is 19.1. The molecule has 0 N–H and O–H groups in total. The number of nitrogens with zero attached hydrogens (tertiary/aromatic N) is 2. The number of aryl methyl sites for hydroxylation is 1. The van der Waals surface area contributed by atoms with Gasteiger partial charge in [-0.3, -0.25) is 4.68 Å². The van der Waals surface area contributed by atoms with Crippen LogP contribution >= 0.6 is 0 Å². The third-order valence-electron chi connectivity index (χ3n) is 2.83. The van der Waals surface area contributed by atoms with Crippen molar-refractivity contribution in [1.29, 1.82) is 0 Å². The van der Waals surface area contributed by atoms with Crippen LogP contribution < -0.4 is 0 Å². The van der Waals surface area contributed by atoms with E-state index >= 15 is 0 Å². The molecule has 0 bridgehead atoms. The monoisotopic (exact) mass is 182 g/mol. The zero-order chi connectivity index (χ0) is 9.26. The molecule has 1 aromatic heterocycles. The molecule has 1 heterocycles. The Bertz CT molecular complexity index is 282. The van der Waals surface area contributed by atoms with E-state index in [1.165, 1.54) is 0 Å². The van der Waals surface area contributed by atoms with Gasteiger partial charge < -0.3 is 0 Å². The number of alkyl halides is 1. The van der Waals surface area contributed by atoms with E-state index in [1.807, 2.05) is 17.7 Å². The van der Waals surface area contributed by atoms with Crippen molar-refractivity contribution in [2.24, 2.45) is 0 Å². The van der Waals surface area contributed by atoms with E-state index in [0.29, 0.717) is 6.42 Å². The van der Waals surface area contributed by atoms with Gasteiger partial charge in [0.1, 0.15) is 6.17 Å². The van der Waals surface area contributed by atoms with Gasteiger partial charge in [0, 0.05) is 11.9 Å². The standard InChI is InChI=1S/C10H15FN2/c1-8-6-7-12-13(8)10-5-3-2-4-9(10)11/h6-7,9-10H,2-5H2,1H3. The van der Waals surface area contributed by atoms with Gasteiger partial charge in [-0.2, -0.15) is 5.10 Å². The molecule has 2 unspecified atom stereocenters. The van der Waals surface area contributed by atoms with Crippen LogP contribution in [-0.4, -0.2) is 16.0 Å². The summed E-state index contributed by atoms with van der Waals surface area (Å²) in [5.74, 6) is 0. The fraction of sp³-hybridized carbons (Fsp3) is 0.700. The first-order chi connectivity index (χ1) is 6.29. The summed E-state index contributed by atoms with van der Waals surface area (Å²) in [5.41, 5.74) is 1.06. The summed E-state index contributed by atoms with van der Waals surface area (Å²) in [4.78, 5) is 0. The summed E-state index contributed by atoms with van der Waals surface area (Å²) < 4.78 is 15.4. The van der Waals surface area contributed by atoms with Gasteiger partial charge in [0.05, 0.1) is 6.04 Å². The van der Waals surface area contributed by atoms with E-state index in [2.05, 4.69) is 5.10 Å². The van der Waals surface area contributed by atoms with E-state index in [1.54, 1.807) is 6.20 Å². The van der Waals surface area contributed by atoms with Crippen LogP contribution in [0, 0.1) is 6.92 Å². The van der Waals surface area contributed by atoms with Crippen LogP contribution in [0.1, 0.15) is 37.4 Å². The fourth-order valence-corrected chi connectivity index (χ4v) is 2.07. The summed E-state index contributed by atoms with van der Waals surface area (Å²) in [6.07, 6.45) is 4.83. The van der Waals surface area contributed by atoms with E-state index in [4.69, 9.17) is 0 Å². The van der Waals surface area contributed by atoms with Crippen molar-refractivity contribution in [3.63, 3.8) is 0 Å². The molecule has 3 heteroatoms. The number of aromatic nitrogens is 2. The minimum atomic E-state index is -0.702. The lowest BCUT2D eigenvalue weighted by Gasteiger charge is -2.27. The minimum absolute atomic E-state index is 0.0104. The van der Waals surface area contributed by atoms with Gasteiger partial charge in [0.25, 0.3) is 0 Å². The maximum atomic E-state index is 13.5. The Kier molecular flexibility index (Phi) is 2.34. The lowest BCUT2D eigenvalue weighted by molar-refractivity contribution is 0.158. The van der Waals surface area contributed by atoms with Crippen molar-refractivity contribution in [3.05, 3.63) is 18.0 Å². The molecule has 1 aromatic rings. The molecule has 1 aliphatic carbocycles. The average Bonchev–Trinajstić information content (AvgIpc) is 2.52. The van der Waals surface area contributed by atoms with Gasteiger partial charge in [-0.25, -0.2) is 4.39 Å². The normalized spacial score (nSPS) is 29.1. The van der Waals surface area contributed by atoms with Gasteiger partial charge >= 0.3 is 0 Å². The number of rotatable bonds is 1. The molecule has 0 radical (unpaired) electrons. The highest BCUT2D eigenvalue weighted by molar-refractivity contribution is 5.00. The van der Waals surface area contributed by atoms with Crippen LogP contribution in [0.5, 0.6) is 0 Å². The van der Waals surface area contributed by atoms with Gasteiger partial charge in [-0.15, -0.1) is 0 Å². The highest BCUT2D eigenvalue weighted by Gasteiger charge is 2.27. The van der Waals surface area contributed by atoms with Crippen LogP contribution in [0.4, 0.5) is 4.39 Å². The average molecular weight is 182 g/mol. The smallest absolute Gasteiger partial charge is 0.122 e. The lowest BCUT2D eigenvalue weighted by atomic mass is 9.94. The van der Waals surface area contributed by atoms with E-state index < -0.39 is 6.17 Å². The van der Waals surface area contributed by atoms with Crippen LogP contribution in [0.2, 0.25) is 0 Å². The number of halogens is 1. The second kappa shape index (κ2) is 3.48. The van der Waals surface area contributed by atoms with Crippen LogP contribution in [0.15, 0.2) is 12.3 Å². The Morgan fingerprint density at radius 3 is 2.85 bits per heavy atom. The molecule has 0 aromatic carbocycles. The Balaban J connectivity index is 2.19. The molecule has 0 spiro atoms. The topological polar surface area (TPSA) is 17.8 Å². The third-order valence-corrected chi connectivity index (χ3v) is 2.83. The Morgan fingerprint density at radius 2 is 2.23 bits per heavy atom. The van der Waals surface area contributed by atoms with Gasteiger partial charge in [-0.1, -0.05) is 12.8 Å². The number of hydrogen-bond acceptors (Lipinski definition) is 1. The molecule has 0 amide bonds. The maximum absolute atomic E-state index is 13.5. The first-order valence-corrected chi connectivity index (χ1v) is 4.93. The maximum Gasteiger partial charge on any atom is 0.122 e. The molecular formula is C10H15FN2. The van der Waals surface area contributed by atoms with Gasteiger partial charge in [0.15, 0.2) is 0 Å². The van der Waals surface area contributed by atoms with E-state index in [-0.39, 0.29) is 6.04 Å². The molecule has 1 saturated carbocycles. The molecule has 0 aliphatic heterocycles. The largest absolute Gasteiger partial charge is 0.264 e. The lowest BCUT2D eigenvalue weighted by Crippen LogP contribution is -2.25. The first kappa shape index (κ1) is 8.73. The van der Waals surface area contributed by atoms with Gasteiger partial charge in [0.2, 0.25) is 0 Å². The molecule has 1 aliphatic rings. The second-order valence-electron chi connectivity index (χ2n) is 3.78. The molecular weight excluding hydrogens is 167 g/mol. The minimum Gasteiger partial charge on any atom is -0.264 e. The van der Waals surface area contributed by atoms with E-state index in [9.17, 15) is 4.39 Å². The van der Waals surface area contributed by atoms with Crippen molar-refractivity contribution < 1.29 is 4.39 Å². The predicted molar refractivity (Wildman–Crippen MR) is 49.4 cm³/mol. The molecule has 2 nitrogen and oxygen atoms in total. The van der Waals surface area contributed by atoms with Crippen molar-refractivity contribution >= 4 is 0 Å². The summed E-state index contributed by atoms with van der Waals surface area (Å²) in [7, 11) is 0. The molecule has 72 valence electrons. The third kappa shape index (κ3) is 1.60. The highest BCUT2D eigenvalue weighted by Crippen LogP contribution is 2.30. The summed E-state index contributed by atoms with van der Waals surface area (Å²) in [5, 5.41) is 4.17. The zero-order valence-corrected chi connectivity index (χ0v) is 7.91. The first-order valence-electron chi connectivity index (χ1n) is 4.93. The summed E-state index contributed by atoms with van der Waals surface area (Å²) >= 11 is 0. The van der Waals surface area contributed by atoms with Gasteiger partial charge in [-0.05, 0) is 25.8 Å². The molecule has 2 atom stereocenters.